The van der Waals surface area contributed by atoms with Crippen molar-refractivity contribution in [2.75, 3.05) is 13.2 Å². The maximum atomic E-state index is 13.5. The molecule has 1 aliphatic rings. The molecule has 1 N–H and O–H groups in total. The van der Waals surface area contributed by atoms with E-state index < -0.39 is 28.7 Å². The summed E-state index contributed by atoms with van der Waals surface area (Å²) in [4.78, 5) is 27.8. The highest BCUT2D eigenvalue weighted by Crippen LogP contribution is 2.61. The second kappa shape index (κ2) is 8.73. The molecule has 0 amide bonds. The molecule has 3 aromatic rings. The molecule has 1 aliphatic heterocycles. The van der Waals surface area contributed by atoms with Gasteiger partial charge in [0.05, 0.1) is 18.5 Å². The molecular formula is C25H24O5S. The van der Waals surface area contributed by atoms with Gasteiger partial charge in [0.1, 0.15) is 6.10 Å². The summed E-state index contributed by atoms with van der Waals surface area (Å²) >= 11 is 1.38. The van der Waals surface area contributed by atoms with E-state index in [1.165, 1.54) is 11.8 Å². The highest BCUT2D eigenvalue weighted by molar-refractivity contribution is 7.99. The van der Waals surface area contributed by atoms with E-state index in [9.17, 15) is 14.7 Å². The molecule has 4 rings (SSSR count). The van der Waals surface area contributed by atoms with Crippen molar-refractivity contribution in [3.8, 4) is 0 Å². The van der Waals surface area contributed by atoms with Crippen molar-refractivity contribution in [1.29, 1.82) is 0 Å². The van der Waals surface area contributed by atoms with Gasteiger partial charge in [0.2, 0.25) is 5.41 Å². The van der Waals surface area contributed by atoms with Crippen LogP contribution in [0.4, 0.5) is 0 Å². The fourth-order valence-electron chi connectivity index (χ4n) is 4.23. The third kappa shape index (κ3) is 3.40. The first-order valence-corrected chi connectivity index (χ1v) is 11.2. The fraction of sp³-hybridized carbons (Fsp3) is 0.280. The molecule has 1 heterocycles. The molecule has 2 unspecified atom stereocenters. The second-order valence-corrected chi connectivity index (χ2v) is 8.46. The van der Waals surface area contributed by atoms with Crippen molar-refractivity contribution in [2.45, 2.75) is 30.1 Å². The minimum Gasteiger partial charge on any atom is -0.465 e. The number of hydrogen-bond donors (Lipinski definition) is 1. The maximum Gasteiger partial charge on any atom is 0.328 e. The number of rotatable bonds is 5. The maximum absolute atomic E-state index is 13.5. The third-order valence-electron chi connectivity index (χ3n) is 5.64. The van der Waals surface area contributed by atoms with Crippen molar-refractivity contribution in [1.82, 2.24) is 0 Å². The number of hydrogen-bond acceptors (Lipinski definition) is 6. The summed E-state index contributed by atoms with van der Waals surface area (Å²) in [7, 11) is 0. The van der Waals surface area contributed by atoms with Crippen molar-refractivity contribution < 1.29 is 24.2 Å². The lowest BCUT2D eigenvalue weighted by Gasteiger charge is -2.43. The van der Waals surface area contributed by atoms with E-state index in [2.05, 4.69) is 0 Å². The lowest BCUT2D eigenvalue weighted by molar-refractivity contribution is -0.182. The molecule has 0 radical (unpaired) electrons. The molecular weight excluding hydrogens is 412 g/mol. The summed E-state index contributed by atoms with van der Waals surface area (Å²) in [6.45, 7) is 3.53. The summed E-state index contributed by atoms with van der Waals surface area (Å²) < 4.78 is 10.8. The summed E-state index contributed by atoms with van der Waals surface area (Å²) in [5, 5.41) is 12.7. The lowest BCUT2D eigenvalue weighted by atomic mass is 9.72. The normalized spacial score (nSPS) is 19.5. The molecule has 160 valence electrons. The zero-order valence-electron chi connectivity index (χ0n) is 17.4. The van der Waals surface area contributed by atoms with Gasteiger partial charge in [-0.2, -0.15) is 0 Å². The number of carbonyl (C=O) groups is 2. The van der Waals surface area contributed by atoms with Crippen LogP contribution < -0.4 is 0 Å². The van der Waals surface area contributed by atoms with Crippen LogP contribution >= 0.6 is 11.8 Å². The van der Waals surface area contributed by atoms with Crippen LogP contribution in [-0.2, 0) is 19.1 Å². The number of thioether (sulfide) groups is 1. The Labute approximate surface area is 185 Å². The van der Waals surface area contributed by atoms with Gasteiger partial charge in [0, 0.05) is 4.90 Å². The molecule has 5 nitrogen and oxygen atoms in total. The van der Waals surface area contributed by atoms with Crippen LogP contribution in [0.3, 0.4) is 0 Å². The van der Waals surface area contributed by atoms with E-state index in [4.69, 9.17) is 9.47 Å². The Morgan fingerprint density at radius 1 is 0.871 bits per heavy atom. The largest absolute Gasteiger partial charge is 0.465 e. The van der Waals surface area contributed by atoms with Gasteiger partial charge in [-0.3, -0.25) is 9.59 Å². The van der Waals surface area contributed by atoms with Crippen LogP contribution in [0.5, 0.6) is 0 Å². The lowest BCUT2D eigenvalue weighted by Crippen LogP contribution is -2.51. The predicted octanol–water partition coefficient (Wildman–Crippen LogP) is 4.83. The first-order chi connectivity index (χ1) is 15.1. The SMILES string of the molecule is CCOC(=O)C1(C(=O)OCC)C(O)c2ccccc2SC1c1cccc2ccccc12. The quantitative estimate of drug-likeness (QED) is 0.456. The van der Waals surface area contributed by atoms with Crippen LogP contribution in [0.25, 0.3) is 10.8 Å². The van der Waals surface area contributed by atoms with Crippen molar-refractivity contribution in [2.24, 2.45) is 5.41 Å². The molecule has 0 aromatic heterocycles. The zero-order chi connectivity index (χ0) is 22.0. The number of aliphatic hydroxyl groups is 1. The van der Waals surface area contributed by atoms with Gasteiger partial charge in [0.25, 0.3) is 0 Å². The number of benzene rings is 3. The van der Waals surface area contributed by atoms with Crippen LogP contribution in [0.2, 0.25) is 0 Å². The Bertz CT molecular complexity index is 1100. The molecule has 0 saturated carbocycles. The van der Waals surface area contributed by atoms with Crippen molar-refractivity contribution in [3.05, 3.63) is 77.9 Å². The minimum atomic E-state index is -1.94. The van der Waals surface area contributed by atoms with Gasteiger partial charge in [-0.05, 0) is 41.8 Å². The Morgan fingerprint density at radius 2 is 1.45 bits per heavy atom. The monoisotopic (exact) mass is 436 g/mol. The van der Waals surface area contributed by atoms with E-state index in [0.717, 1.165) is 21.2 Å². The zero-order valence-corrected chi connectivity index (χ0v) is 18.2. The Morgan fingerprint density at radius 3 is 2.16 bits per heavy atom. The first-order valence-electron chi connectivity index (χ1n) is 10.3. The van der Waals surface area contributed by atoms with Gasteiger partial charge >= 0.3 is 11.9 Å². The highest BCUT2D eigenvalue weighted by atomic mass is 32.2. The van der Waals surface area contributed by atoms with Crippen molar-refractivity contribution in [3.63, 3.8) is 0 Å². The molecule has 0 bridgehead atoms. The molecule has 6 heteroatoms. The summed E-state index contributed by atoms with van der Waals surface area (Å²) in [6.07, 6.45) is -1.41. The number of esters is 2. The standard InChI is InChI=1S/C25H24O5S/c1-3-29-23(27)25(24(28)30-4-2)21(26)19-13-7-8-15-20(19)31-22(25)18-14-9-11-16-10-5-6-12-17(16)18/h5-15,21-22,26H,3-4H2,1-2H3. The topological polar surface area (TPSA) is 72.8 Å². The summed E-state index contributed by atoms with van der Waals surface area (Å²) in [6, 6.07) is 20.8. The number of aliphatic hydroxyl groups excluding tert-OH is 1. The molecule has 31 heavy (non-hydrogen) atoms. The second-order valence-electron chi connectivity index (χ2n) is 7.32. The van der Waals surface area contributed by atoms with Gasteiger partial charge in [-0.15, -0.1) is 11.8 Å². The van der Waals surface area contributed by atoms with E-state index in [0.29, 0.717) is 5.56 Å². The molecule has 0 saturated heterocycles. The van der Waals surface area contributed by atoms with Gasteiger partial charge in [-0.1, -0.05) is 60.7 Å². The molecule has 2 atom stereocenters. The van der Waals surface area contributed by atoms with E-state index in [1.54, 1.807) is 26.0 Å². The molecule has 0 aliphatic carbocycles. The first kappa shape index (κ1) is 21.4. The van der Waals surface area contributed by atoms with Crippen LogP contribution in [0, 0.1) is 5.41 Å². The number of ether oxygens (including phenoxy) is 2. The fourth-order valence-corrected chi connectivity index (χ4v) is 5.80. The van der Waals surface area contributed by atoms with Gasteiger partial charge in [0.15, 0.2) is 0 Å². The average molecular weight is 437 g/mol. The Kier molecular flexibility index (Phi) is 6.03. The van der Waals surface area contributed by atoms with Crippen LogP contribution in [0.15, 0.2) is 71.6 Å². The molecule has 0 spiro atoms. The highest BCUT2D eigenvalue weighted by Gasteiger charge is 2.64. The molecule has 0 fully saturated rings. The van der Waals surface area contributed by atoms with E-state index >= 15 is 0 Å². The minimum absolute atomic E-state index is 0.0846. The molecule has 3 aromatic carbocycles. The number of fused-ring (bicyclic) bond motifs is 2. The summed E-state index contributed by atoms with van der Waals surface area (Å²) in [5.74, 6) is -1.55. The summed E-state index contributed by atoms with van der Waals surface area (Å²) in [5.41, 5.74) is -0.641. The van der Waals surface area contributed by atoms with Gasteiger partial charge in [-0.25, -0.2) is 0 Å². The average Bonchev–Trinajstić information content (AvgIpc) is 2.79. The van der Waals surface area contributed by atoms with E-state index in [-0.39, 0.29) is 13.2 Å². The predicted molar refractivity (Wildman–Crippen MR) is 120 cm³/mol. The van der Waals surface area contributed by atoms with Crippen LogP contribution in [-0.4, -0.2) is 30.3 Å². The van der Waals surface area contributed by atoms with E-state index in [1.807, 2.05) is 54.6 Å². The smallest absolute Gasteiger partial charge is 0.328 e. The number of carbonyl (C=O) groups excluding carboxylic acids is 2. The Balaban J connectivity index is 2.03. The van der Waals surface area contributed by atoms with Crippen LogP contribution in [0.1, 0.15) is 36.3 Å². The van der Waals surface area contributed by atoms with Gasteiger partial charge < -0.3 is 14.6 Å². The third-order valence-corrected chi connectivity index (χ3v) is 7.12. The van der Waals surface area contributed by atoms with Crippen molar-refractivity contribution >= 4 is 34.5 Å². The Hall–Kier alpha value is -2.83.